The first-order valence-electron chi connectivity index (χ1n) is 3.81. The van der Waals surface area contributed by atoms with Gasteiger partial charge in [-0.05, 0) is 11.8 Å². The van der Waals surface area contributed by atoms with Crippen molar-refractivity contribution in [3.05, 3.63) is 0 Å². The zero-order valence-electron chi connectivity index (χ0n) is 7.74. The van der Waals surface area contributed by atoms with Gasteiger partial charge in [-0.25, -0.2) is 0 Å². The quantitative estimate of drug-likeness (QED) is 0.647. The van der Waals surface area contributed by atoms with Crippen LogP contribution in [0.15, 0.2) is 0 Å². The summed E-state index contributed by atoms with van der Waals surface area (Å²) in [5.41, 5.74) is 5.50. The van der Waals surface area contributed by atoms with Gasteiger partial charge in [0.15, 0.2) is 0 Å². The van der Waals surface area contributed by atoms with Gasteiger partial charge in [-0.15, -0.1) is 0 Å². The summed E-state index contributed by atoms with van der Waals surface area (Å²) < 4.78 is 29.3. The SMILES string of the molecule is CC(C)(C)CC(N)CS(=O)(=O)O. The van der Waals surface area contributed by atoms with Crippen LogP contribution in [0.2, 0.25) is 0 Å². The average molecular weight is 195 g/mol. The third-order valence-electron chi connectivity index (χ3n) is 1.30. The van der Waals surface area contributed by atoms with Crippen LogP contribution in [0.4, 0.5) is 0 Å². The lowest BCUT2D eigenvalue weighted by atomic mass is 9.89. The van der Waals surface area contributed by atoms with Gasteiger partial charge >= 0.3 is 0 Å². The van der Waals surface area contributed by atoms with E-state index in [1.807, 2.05) is 20.8 Å². The Balaban J connectivity index is 4.00. The summed E-state index contributed by atoms with van der Waals surface area (Å²) in [5, 5.41) is 0. The van der Waals surface area contributed by atoms with Crippen molar-refractivity contribution in [2.75, 3.05) is 5.75 Å². The minimum Gasteiger partial charge on any atom is -0.327 e. The molecule has 0 aliphatic rings. The highest BCUT2D eigenvalue weighted by atomic mass is 32.2. The highest BCUT2D eigenvalue weighted by Gasteiger charge is 2.19. The minimum absolute atomic E-state index is 0.00981. The Labute approximate surface area is 73.9 Å². The Morgan fingerprint density at radius 3 is 2.08 bits per heavy atom. The summed E-state index contributed by atoms with van der Waals surface area (Å²) >= 11 is 0. The van der Waals surface area contributed by atoms with E-state index in [-0.39, 0.29) is 11.2 Å². The highest BCUT2D eigenvalue weighted by molar-refractivity contribution is 7.85. The molecule has 0 fully saturated rings. The molecule has 4 nitrogen and oxygen atoms in total. The molecule has 3 N–H and O–H groups in total. The summed E-state index contributed by atoms with van der Waals surface area (Å²) in [6, 6.07) is -0.486. The molecule has 0 radical (unpaired) electrons. The maximum atomic E-state index is 10.4. The maximum absolute atomic E-state index is 10.4. The molecule has 0 aliphatic heterocycles. The molecule has 0 spiro atoms. The predicted octanol–water partition coefficient (Wildman–Crippen LogP) is 0.638. The van der Waals surface area contributed by atoms with Crippen molar-refractivity contribution >= 4 is 10.1 Å². The lowest BCUT2D eigenvalue weighted by molar-refractivity contribution is 0.346. The third kappa shape index (κ3) is 7.97. The lowest BCUT2D eigenvalue weighted by Crippen LogP contribution is -2.33. The van der Waals surface area contributed by atoms with E-state index in [2.05, 4.69) is 0 Å². The molecule has 0 saturated carbocycles. The first-order chi connectivity index (χ1) is 5.10. The van der Waals surface area contributed by atoms with E-state index in [0.29, 0.717) is 6.42 Å². The summed E-state index contributed by atoms with van der Waals surface area (Å²) in [4.78, 5) is 0. The van der Waals surface area contributed by atoms with Crippen molar-refractivity contribution in [1.82, 2.24) is 0 Å². The second kappa shape index (κ2) is 3.72. The van der Waals surface area contributed by atoms with E-state index >= 15 is 0 Å². The topological polar surface area (TPSA) is 80.4 Å². The van der Waals surface area contributed by atoms with E-state index in [9.17, 15) is 8.42 Å². The normalized spacial score (nSPS) is 16.1. The molecule has 0 aromatic carbocycles. The summed E-state index contributed by atoms with van der Waals surface area (Å²) in [5.74, 6) is -0.357. The van der Waals surface area contributed by atoms with Gasteiger partial charge in [0, 0.05) is 6.04 Å². The molecule has 0 amide bonds. The van der Waals surface area contributed by atoms with Gasteiger partial charge < -0.3 is 5.73 Å². The smallest absolute Gasteiger partial charge is 0.266 e. The Bertz CT molecular complexity index is 228. The van der Waals surface area contributed by atoms with E-state index in [0.717, 1.165) is 0 Å². The summed E-state index contributed by atoms with van der Waals surface area (Å²) in [6.07, 6.45) is 0.576. The summed E-state index contributed by atoms with van der Waals surface area (Å²) in [7, 11) is -3.92. The molecular formula is C7H17NO3S. The van der Waals surface area contributed by atoms with Crippen molar-refractivity contribution in [2.24, 2.45) is 11.1 Å². The van der Waals surface area contributed by atoms with Crippen molar-refractivity contribution < 1.29 is 13.0 Å². The average Bonchev–Trinajstić information content (AvgIpc) is 1.49. The van der Waals surface area contributed by atoms with Crippen LogP contribution < -0.4 is 5.73 Å². The zero-order valence-corrected chi connectivity index (χ0v) is 8.56. The first-order valence-corrected chi connectivity index (χ1v) is 5.42. The van der Waals surface area contributed by atoms with Crippen molar-refractivity contribution in [3.8, 4) is 0 Å². The maximum Gasteiger partial charge on any atom is 0.266 e. The molecule has 1 unspecified atom stereocenters. The molecule has 5 heteroatoms. The lowest BCUT2D eigenvalue weighted by Gasteiger charge is -2.21. The van der Waals surface area contributed by atoms with E-state index in [1.165, 1.54) is 0 Å². The monoisotopic (exact) mass is 195 g/mol. The van der Waals surface area contributed by atoms with Gasteiger partial charge in [0.1, 0.15) is 0 Å². The molecule has 0 bridgehead atoms. The van der Waals surface area contributed by atoms with Crippen LogP contribution in [0, 0.1) is 5.41 Å². The van der Waals surface area contributed by atoms with Gasteiger partial charge in [-0.3, -0.25) is 4.55 Å². The van der Waals surface area contributed by atoms with Crippen LogP contribution in [0.1, 0.15) is 27.2 Å². The molecular weight excluding hydrogens is 178 g/mol. The molecule has 1 atom stereocenters. The predicted molar refractivity (Wildman–Crippen MR) is 48.5 cm³/mol. The number of hydrogen-bond donors (Lipinski definition) is 2. The largest absolute Gasteiger partial charge is 0.327 e. The Kier molecular flexibility index (Phi) is 3.68. The van der Waals surface area contributed by atoms with E-state index in [4.69, 9.17) is 10.3 Å². The third-order valence-corrected chi connectivity index (χ3v) is 2.15. The zero-order chi connectivity index (χ0) is 9.99. The van der Waals surface area contributed by atoms with Crippen molar-refractivity contribution in [1.29, 1.82) is 0 Å². The van der Waals surface area contributed by atoms with Gasteiger partial charge in [0.05, 0.1) is 5.75 Å². The minimum atomic E-state index is -3.92. The fraction of sp³-hybridized carbons (Fsp3) is 1.00. The summed E-state index contributed by atoms with van der Waals surface area (Å²) in [6.45, 7) is 5.91. The Morgan fingerprint density at radius 2 is 1.83 bits per heavy atom. The molecule has 0 aliphatic carbocycles. The van der Waals surface area contributed by atoms with Crippen LogP contribution in [0.3, 0.4) is 0 Å². The standard InChI is InChI=1S/C7H17NO3S/c1-7(2,3)4-6(8)5-12(9,10)11/h6H,4-5,8H2,1-3H3,(H,9,10,11). The fourth-order valence-corrected chi connectivity index (χ4v) is 1.77. The van der Waals surface area contributed by atoms with E-state index < -0.39 is 16.2 Å². The van der Waals surface area contributed by atoms with Crippen LogP contribution in [-0.4, -0.2) is 24.8 Å². The van der Waals surface area contributed by atoms with Crippen molar-refractivity contribution in [2.45, 2.75) is 33.2 Å². The van der Waals surface area contributed by atoms with Gasteiger partial charge in [0.2, 0.25) is 0 Å². The molecule has 0 rings (SSSR count). The second-order valence-electron chi connectivity index (χ2n) is 4.27. The van der Waals surface area contributed by atoms with Crippen LogP contribution in [0.25, 0.3) is 0 Å². The van der Waals surface area contributed by atoms with Gasteiger partial charge in [0.25, 0.3) is 10.1 Å². The molecule has 0 saturated heterocycles. The number of rotatable bonds is 3. The van der Waals surface area contributed by atoms with Gasteiger partial charge in [-0.2, -0.15) is 8.42 Å². The molecule has 0 aromatic heterocycles. The number of nitrogens with two attached hydrogens (primary N) is 1. The Morgan fingerprint density at radius 1 is 1.42 bits per heavy atom. The second-order valence-corrected chi connectivity index (χ2v) is 5.77. The highest BCUT2D eigenvalue weighted by Crippen LogP contribution is 2.20. The van der Waals surface area contributed by atoms with E-state index in [1.54, 1.807) is 0 Å². The van der Waals surface area contributed by atoms with Crippen LogP contribution in [-0.2, 0) is 10.1 Å². The first kappa shape index (κ1) is 11.9. The van der Waals surface area contributed by atoms with Gasteiger partial charge in [-0.1, -0.05) is 20.8 Å². The fourth-order valence-electron chi connectivity index (χ4n) is 1.12. The molecule has 74 valence electrons. The molecule has 12 heavy (non-hydrogen) atoms. The molecule has 0 heterocycles. The van der Waals surface area contributed by atoms with Crippen LogP contribution >= 0.6 is 0 Å². The Hall–Kier alpha value is -0.130. The molecule has 0 aromatic rings. The van der Waals surface area contributed by atoms with Crippen LogP contribution in [0.5, 0.6) is 0 Å². The van der Waals surface area contributed by atoms with Crippen molar-refractivity contribution in [3.63, 3.8) is 0 Å². The number of hydrogen-bond acceptors (Lipinski definition) is 3.